The zero-order chi connectivity index (χ0) is 11.9. The third kappa shape index (κ3) is 5.06. The van der Waals surface area contributed by atoms with Crippen LogP contribution in [0.15, 0.2) is 5.16 Å². The maximum atomic E-state index is 10.9. The summed E-state index contributed by atoms with van der Waals surface area (Å²) in [7, 11) is 1.51. The second-order valence-corrected chi connectivity index (χ2v) is 4.70. The van der Waals surface area contributed by atoms with Gasteiger partial charge in [-0.1, -0.05) is 25.9 Å². The number of amides is 1. The molecule has 0 saturated heterocycles. The molecule has 0 aliphatic rings. The Balaban J connectivity index is 4.57. The summed E-state index contributed by atoms with van der Waals surface area (Å²) in [6.07, 6.45) is 2.44. The Morgan fingerprint density at radius 3 is 2.53 bits per heavy atom. The minimum atomic E-state index is -0.527. The van der Waals surface area contributed by atoms with Crippen LogP contribution in [0.4, 0.5) is 4.79 Å². The lowest BCUT2D eigenvalue weighted by atomic mass is 9.85. The first-order valence-corrected chi connectivity index (χ1v) is 6.32. The van der Waals surface area contributed by atoms with Gasteiger partial charge >= 0.3 is 6.09 Å². The van der Waals surface area contributed by atoms with Gasteiger partial charge < -0.3 is 5.32 Å². The highest BCUT2D eigenvalue weighted by atomic mass is 32.2. The van der Waals surface area contributed by atoms with E-state index in [-0.39, 0.29) is 5.41 Å². The Bertz CT molecular complexity index is 240. The van der Waals surface area contributed by atoms with Crippen molar-refractivity contribution in [2.75, 3.05) is 19.1 Å². The van der Waals surface area contributed by atoms with E-state index in [0.717, 1.165) is 17.9 Å². The van der Waals surface area contributed by atoms with Crippen LogP contribution in [0.25, 0.3) is 0 Å². The first-order chi connectivity index (χ1) is 6.97. The molecule has 5 heteroatoms. The molecule has 0 aliphatic carbocycles. The Labute approximate surface area is 95.8 Å². The summed E-state index contributed by atoms with van der Waals surface area (Å²) in [5.41, 5.74) is 0.873. The molecule has 88 valence electrons. The second-order valence-electron chi connectivity index (χ2n) is 3.84. The van der Waals surface area contributed by atoms with Crippen LogP contribution in [0.1, 0.15) is 27.2 Å². The fourth-order valence-corrected chi connectivity index (χ4v) is 1.55. The van der Waals surface area contributed by atoms with Gasteiger partial charge in [0, 0.05) is 18.2 Å². The lowest BCUT2D eigenvalue weighted by Gasteiger charge is -2.23. The van der Waals surface area contributed by atoms with Gasteiger partial charge in [0.15, 0.2) is 0 Å². The molecule has 1 N–H and O–H groups in total. The zero-order valence-corrected chi connectivity index (χ0v) is 10.9. The van der Waals surface area contributed by atoms with Crippen LogP contribution in [-0.2, 0) is 4.84 Å². The minimum Gasteiger partial charge on any atom is -0.323 e. The average Bonchev–Trinajstić information content (AvgIpc) is 2.23. The van der Waals surface area contributed by atoms with Gasteiger partial charge in [-0.15, -0.1) is 0 Å². The topological polar surface area (TPSA) is 50.7 Å². The van der Waals surface area contributed by atoms with Crippen molar-refractivity contribution in [2.45, 2.75) is 27.2 Å². The van der Waals surface area contributed by atoms with Gasteiger partial charge in [-0.25, -0.2) is 4.79 Å². The molecule has 0 aromatic carbocycles. The van der Waals surface area contributed by atoms with Crippen LogP contribution < -0.4 is 5.32 Å². The van der Waals surface area contributed by atoms with E-state index in [2.05, 4.69) is 31.2 Å². The second kappa shape index (κ2) is 6.71. The molecule has 0 aromatic rings. The maximum Gasteiger partial charge on any atom is 0.433 e. The first-order valence-electron chi connectivity index (χ1n) is 4.93. The van der Waals surface area contributed by atoms with Crippen molar-refractivity contribution >= 4 is 23.6 Å². The summed E-state index contributed by atoms with van der Waals surface area (Å²) in [5.74, 6) is 0.776. The smallest absolute Gasteiger partial charge is 0.323 e. The molecule has 1 amide bonds. The highest BCUT2D eigenvalue weighted by Gasteiger charge is 2.23. The number of hydrogen-bond acceptors (Lipinski definition) is 4. The zero-order valence-electron chi connectivity index (χ0n) is 10.1. The average molecular weight is 232 g/mol. The largest absolute Gasteiger partial charge is 0.433 e. The molecule has 0 fully saturated rings. The van der Waals surface area contributed by atoms with Gasteiger partial charge in [0.2, 0.25) is 0 Å². The van der Waals surface area contributed by atoms with Gasteiger partial charge in [-0.05, 0) is 12.7 Å². The van der Waals surface area contributed by atoms with Crippen LogP contribution in [0.3, 0.4) is 0 Å². The van der Waals surface area contributed by atoms with Gasteiger partial charge in [0.05, 0.1) is 5.71 Å². The van der Waals surface area contributed by atoms with Gasteiger partial charge in [0.25, 0.3) is 0 Å². The van der Waals surface area contributed by atoms with Crippen molar-refractivity contribution in [3.63, 3.8) is 0 Å². The summed E-state index contributed by atoms with van der Waals surface area (Å²) in [6.45, 7) is 6.28. The molecule has 0 bridgehead atoms. The molecule has 4 nitrogen and oxygen atoms in total. The molecule has 0 saturated carbocycles. The monoisotopic (exact) mass is 232 g/mol. The summed E-state index contributed by atoms with van der Waals surface area (Å²) >= 11 is 1.67. The highest BCUT2D eigenvalue weighted by Crippen LogP contribution is 2.24. The Morgan fingerprint density at radius 1 is 1.53 bits per heavy atom. The summed E-state index contributed by atoms with van der Waals surface area (Å²) in [4.78, 5) is 15.6. The van der Waals surface area contributed by atoms with Crippen molar-refractivity contribution in [1.29, 1.82) is 0 Å². The van der Waals surface area contributed by atoms with Gasteiger partial charge in [-0.3, -0.25) is 4.84 Å². The number of oxime groups is 1. The van der Waals surface area contributed by atoms with Gasteiger partial charge in [0.1, 0.15) is 0 Å². The van der Waals surface area contributed by atoms with E-state index in [1.165, 1.54) is 7.05 Å². The van der Waals surface area contributed by atoms with Gasteiger partial charge in [-0.2, -0.15) is 11.8 Å². The number of thioether (sulfide) groups is 1. The molecule has 0 atom stereocenters. The van der Waals surface area contributed by atoms with Crippen molar-refractivity contribution in [3.8, 4) is 0 Å². The predicted molar refractivity (Wildman–Crippen MR) is 65.4 cm³/mol. The van der Waals surface area contributed by atoms with E-state index in [1.807, 2.05) is 6.26 Å². The molecule has 0 heterocycles. The van der Waals surface area contributed by atoms with E-state index in [1.54, 1.807) is 11.8 Å². The van der Waals surface area contributed by atoms with Crippen molar-refractivity contribution < 1.29 is 9.63 Å². The number of carbonyl (C=O) groups excluding carboxylic acids is 1. The van der Waals surface area contributed by atoms with Crippen molar-refractivity contribution in [3.05, 3.63) is 0 Å². The van der Waals surface area contributed by atoms with E-state index < -0.39 is 6.09 Å². The molecule has 0 rings (SSSR count). The van der Waals surface area contributed by atoms with E-state index in [9.17, 15) is 4.79 Å². The highest BCUT2D eigenvalue weighted by molar-refractivity contribution is 7.99. The first kappa shape index (κ1) is 14.3. The molecular weight excluding hydrogens is 212 g/mol. The third-order valence-electron chi connectivity index (χ3n) is 2.39. The lowest BCUT2D eigenvalue weighted by Crippen LogP contribution is -2.27. The number of nitrogens with one attached hydrogen (secondary N) is 1. The Kier molecular flexibility index (Phi) is 6.40. The normalized spacial score (nSPS) is 12.5. The van der Waals surface area contributed by atoms with Crippen molar-refractivity contribution in [2.24, 2.45) is 10.6 Å². The number of nitrogens with zero attached hydrogens (tertiary/aromatic N) is 1. The van der Waals surface area contributed by atoms with Crippen LogP contribution >= 0.6 is 11.8 Å². The van der Waals surface area contributed by atoms with Crippen LogP contribution in [0, 0.1) is 5.41 Å². The standard InChI is InChI=1S/C10H20N2O2S/c1-6-10(2,3)8(7-15-5)12-14-9(13)11-4/h6-7H2,1-5H3,(H,11,13). The number of rotatable bonds is 5. The number of hydrogen-bond donors (Lipinski definition) is 1. The van der Waals surface area contributed by atoms with E-state index in [4.69, 9.17) is 4.84 Å². The minimum absolute atomic E-state index is 0.0307. The third-order valence-corrected chi connectivity index (χ3v) is 2.95. The van der Waals surface area contributed by atoms with Crippen molar-refractivity contribution in [1.82, 2.24) is 5.32 Å². The molecular formula is C10H20N2O2S. The number of carbonyl (C=O) groups is 1. The van der Waals surface area contributed by atoms with E-state index in [0.29, 0.717) is 0 Å². The maximum absolute atomic E-state index is 10.9. The summed E-state index contributed by atoms with van der Waals surface area (Å²) in [6, 6.07) is 0. The molecule has 0 radical (unpaired) electrons. The summed E-state index contributed by atoms with van der Waals surface area (Å²) in [5, 5.41) is 6.27. The Hall–Kier alpha value is -0.710. The van der Waals surface area contributed by atoms with Crippen LogP contribution in [-0.4, -0.2) is 30.9 Å². The van der Waals surface area contributed by atoms with Crippen LogP contribution in [0.2, 0.25) is 0 Å². The fraction of sp³-hybridized carbons (Fsp3) is 0.800. The molecule has 15 heavy (non-hydrogen) atoms. The predicted octanol–water partition coefficient (Wildman–Crippen LogP) is 2.50. The molecule has 0 aromatic heterocycles. The quantitative estimate of drug-likeness (QED) is 0.450. The fourth-order valence-electron chi connectivity index (χ4n) is 0.828. The molecule has 0 spiro atoms. The molecule has 0 aliphatic heterocycles. The summed E-state index contributed by atoms with van der Waals surface area (Å²) < 4.78 is 0. The molecule has 0 unspecified atom stereocenters. The SMILES string of the molecule is CCC(C)(C)C(CSC)=NOC(=O)NC. The van der Waals surface area contributed by atoms with E-state index >= 15 is 0 Å². The van der Waals surface area contributed by atoms with Crippen LogP contribution in [0.5, 0.6) is 0 Å². The Morgan fingerprint density at radius 2 is 2.13 bits per heavy atom. The lowest BCUT2D eigenvalue weighted by molar-refractivity contribution is 0.151.